The Morgan fingerprint density at radius 1 is 1.54 bits per heavy atom. The van der Waals surface area contributed by atoms with Crippen LogP contribution in [0.4, 0.5) is 0 Å². The molecule has 0 bridgehead atoms. The fourth-order valence-electron chi connectivity index (χ4n) is 1.25. The fraction of sp³-hybridized carbons (Fsp3) is 0.111. The Kier molecular flexibility index (Phi) is 1.55. The summed E-state index contributed by atoms with van der Waals surface area (Å²) in [7, 11) is 0. The van der Waals surface area contributed by atoms with E-state index in [4.69, 9.17) is 5.73 Å². The summed E-state index contributed by atoms with van der Waals surface area (Å²) in [4.78, 5) is 17.9. The highest BCUT2D eigenvalue weighted by atomic mass is 16.1. The van der Waals surface area contributed by atoms with Crippen LogP contribution in [0, 0.1) is 6.92 Å². The van der Waals surface area contributed by atoms with Gasteiger partial charge in [0.1, 0.15) is 5.69 Å². The number of nitrogens with one attached hydrogen (secondary N) is 1. The van der Waals surface area contributed by atoms with Crippen LogP contribution >= 0.6 is 0 Å². The maximum atomic E-state index is 10.8. The number of fused-ring (bicyclic) bond motifs is 1. The molecule has 0 atom stereocenters. The molecule has 0 saturated carbocycles. The number of rotatable bonds is 1. The van der Waals surface area contributed by atoms with E-state index in [0.29, 0.717) is 5.69 Å². The molecular formula is C9H9N3O. The van der Waals surface area contributed by atoms with Crippen molar-refractivity contribution >= 4 is 16.9 Å². The average molecular weight is 175 g/mol. The number of carbonyl (C=O) groups excluding carboxylic acids is 1. The van der Waals surface area contributed by atoms with Gasteiger partial charge in [0.05, 0.1) is 11.0 Å². The van der Waals surface area contributed by atoms with Gasteiger partial charge in [-0.3, -0.25) is 9.78 Å². The van der Waals surface area contributed by atoms with E-state index in [1.54, 1.807) is 12.3 Å². The van der Waals surface area contributed by atoms with E-state index in [9.17, 15) is 4.79 Å². The third kappa shape index (κ3) is 1.26. The van der Waals surface area contributed by atoms with Crippen molar-refractivity contribution < 1.29 is 4.79 Å². The number of carbonyl (C=O) groups is 1. The lowest BCUT2D eigenvalue weighted by atomic mass is 10.3. The van der Waals surface area contributed by atoms with Crippen LogP contribution in [0.1, 0.15) is 16.1 Å². The first kappa shape index (κ1) is 7.79. The number of H-pyrrole nitrogens is 1. The molecule has 13 heavy (non-hydrogen) atoms. The molecule has 3 N–H and O–H groups in total. The number of aromatic amines is 1. The Morgan fingerprint density at radius 3 is 3.00 bits per heavy atom. The first-order chi connectivity index (χ1) is 6.16. The number of hydrogen-bond acceptors (Lipinski definition) is 2. The SMILES string of the molecule is Cc1cnc2cc(C(N)=O)[nH]c2c1. The predicted octanol–water partition coefficient (Wildman–Crippen LogP) is 0.970. The molecule has 0 aliphatic rings. The Morgan fingerprint density at radius 2 is 2.31 bits per heavy atom. The monoisotopic (exact) mass is 175 g/mol. The van der Waals surface area contributed by atoms with E-state index in [1.165, 1.54) is 0 Å². The number of pyridine rings is 1. The van der Waals surface area contributed by atoms with Gasteiger partial charge in [-0.2, -0.15) is 0 Å². The highest BCUT2D eigenvalue weighted by Gasteiger charge is 2.05. The second-order valence-electron chi connectivity index (χ2n) is 2.99. The van der Waals surface area contributed by atoms with Crippen LogP contribution in [0.15, 0.2) is 18.3 Å². The molecule has 1 amide bonds. The summed E-state index contributed by atoms with van der Waals surface area (Å²) in [6.45, 7) is 1.94. The zero-order valence-electron chi connectivity index (χ0n) is 7.16. The third-order valence-electron chi connectivity index (χ3n) is 1.87. The van der Waals surface area contributed by atoms with Crippen LogP contribution in [0.5, 0.6) is 0 Å². The standard InChI is InChI=1S/C9H9N3O/c1-5-2-7-6(11-4-5)3-8(12-7)9(10)13/h2-4,12H,1H3,(H2,10,13). The van der Waals surface area contributed by atoms with E-state index in [0.717, 1.165) is 16.6 Å². The number of nitrogens with two attached hydrogens (primary N) is 1. The Balaban J connectivity index is 2.68. The third-order valence-corrected chi connectivity index (χ3v) is 1.87. The molecule has 0 aliphatic carbocycles. The van der Waals surface area contributed by atoms with Gasteiger partial charge in [0, 0.05) is 6.20 Å². The minimum atomic E-state index is -0.462. The summed E-state index contributed by atoms with van der Waals surface area (Å²) in [5, 5.41) is 0. The van der Waals surface area contributed by atoms with Gasteiger partial charge in [0.25, 0.3) is 5.91 Å². The molecule has 0 saturated heterocycles. The van der Waals surface area contributed by atoms with Gasteiger partial charge in [0.2, 0.25) is 0 Å². The average Bonchev–Trinajstić information content (AvgIpc) is 2.46. The summed E-state index contributed by atoms with van der Waals surface area (Å²) >= 11 is 0. The number of primary amides is 1. The van der Waals surface area contributed by atoms with Gasteiger partial charge in [0.15, 0.2) is 0 Å². The topological polar surface area (TPSA) is 71.8 Å². The molecule has 2 aromatic heterocycles. The van der Waals surface area contributed by atoms with E-state index in [-0.39, 0.29) is 0 Å². The summed E-state index contributed by atoms with van der Waals surface area (Å²) in [6, 6.07) is 3.58. The van der Waals surface area contributed by atoms with Gasteiger partial charge in [-0.15, -0.1) is 0 Å². The number of nitrogens with zero attached hydrogens (tertiary/aromatic N) is 1. The molecular weight excluding hydrogens is 166 g/mol. The molecule has 0 radical (unpaired) electrons. The van der Waals surface area contributed by atoms with Crippen molar-refractivity contribution in [3.63, 3.8) is 0 Å². The molecule has 2 rings (SSSR count). The first-order valence-electron chi connectivity index (χ1n) is 3.92. The van der Waals surface area contributed by atoms with E-state index in [2.05, 4.69) is 9.97 Å². The maximum Gasteiger partial charge on any atom is 0.265 e. The van der Waals surface area contributed by atoms with Gasteiger partial charge < -0.3 is 10.7 Å². The second-order valence-corrected chi connectivity index (χ2v) is 2.99. The van der Waals surface area contributed by atoms with Crippen LogP contribution in [0.3, 0.4) is 0 Å². The van der Waals surface area contributed by atoms with E-state index in [1.807, 2.05) is 13.0 Å². The van der Waals surface area contributed by atoms with Crippen LogP contribution in [0.25, 0.3) is 11.0 Å². The second kappa shape index (κ2) is 2.58. The molecule has 0 aromatic carbocycles. The Hall–Kier alpha value is -1.84. The number of aromatic nitrogens is 2. The lowest BCUT2D eigenvalue weighted by Gasteiger charge is -1.90. The summed E-state index contributed by atoms with van der Waals surface area (Å²) < 4.78 is 0. The molecule has 0 aliphatic heterocycles. The number of hydrogen-bond donors (Lipinski definition) is 2. The molecule has 66 valence electrons. The molecule has 0 fully saturated rings. The lowest BCUT2D eigenvalue weighted by molar-refractivity contribution is 0.0996. The highest BCUT2D eigenvalue weighted by Crippen LogP contribution is 2.13. The summed E-state index contributed by atoms with van der Waals surface area (Å²) in [5.41, 5.74) is 8.17. The quantitative estimate of drug-likeness (QED) is 0.677. The zero-order valence-corrected chi connectivity index (χ0v) is 7.16. The highest BCUT2D eigenvalue weighted by molar-refractivity contribution is 5.95. The van der Waals surface area contributed by atoms with Gasteiger partial charge >= 0.3 is 0 Å². The maximum absolute atomic E-state index is 10.8. The van der Waals surface area contributed by atoms with Crippen molar-refractivity contribution in [1.29, 1.82) is 0 Å². The molecule has 4 heteroatoms. The van der Waals surface area contributed by atoms with Crippen molar-refractivity contribution in [2.45, 2.75) is 6.92 Å². The first-order valence-corrected chi connectivity index (χ1v) is 3.92. The molecule has 0 spiro atoms. The lowest BCUT2D eigenvalue weighted by Crippen LogP contribution is -2.10. The fourth-order valence-corrected chi connectivity index (χ4v) is 1.25. The number of aryl methyl sites for hydroxylation is 1. The molecule has 4 nitrogen and oxygen atoms in total. The minimum absolute atomic E-state index is 0.396. The van der Waals surface area contributed by atoms with E-state index >= 15 is 0 Å². The Labute approximate surface area is 74.8 Å². The normalized spacial score (nSPS) is 10.5. The Bertz CT molecular complexity index is 473. The van der Waals surface area contributed by atoms with Crippen LogP contribution < -0.4 is 5.73 Å². The number of amides is 1. The van der Waals surface area contributed by atoms with Crippen LogP contribution in [0.2, 0.25) is 0 Å². The van der Waals surface area contributed by atoms with Gasteiger partial charge in [-0.05, 0) is 24.6 Å². The smallest absolute Gasteiger partial charge is 0.265 e. The van der Waals surface area contributed by atoms with Gasteiger partial charge in [-0.1, -0.05) is 0 Å². The zero-order chi connectivity index (χ0) is 9.42. The van der Waals surface area contributed by atoms with Crippen molar-refractivity contribution in [3.05, 3.63) is 29.6 Å². The van der Waals surface area contributed by atoms with E-state index < -0.39 is 5.91 Å². The van der Waals surface area contributed by atoms with Crippen molar-refractivity contribution in [2.24, 2.45) is 5.73 Å². The summed E-state index contributed by atoms with van der Waals surface area (Å²) in [5.74, 6) is -0.462. The largest absolute Gasteiger partial charge is 0.364 e. The molecule has 2 heterocycles. The van der Waals surface area contributed by atoms with Crippen LogP contribution in [-0.4, -0.2) is 15.9 Å². The van der Waals surface area contributed by atoms with Crippen LogP contribution in [-0.2, 0) is 0 Å². The predicted molar refractivity (Wildman–Crippen MR) is 49.3 cm³/mol. The van der Waals surface area contributed by atoms with Crippen molar-refractivity contribution in [1.82, 2.24) is 9.97 Å². The van der Waals surface area contributed by atoms with Crippen molar-refractivity contribution in [3.8, 4) is 0 Å². The molecule has 0 unspecified atom stereocenters. The summed E-state index contributed by atoms with van der Waals surface area (Å²) in [6.07, 6.45) is 1.75. The van der Waals surface area contributed by atoms with Crippen molar-refractivity contribution in [2.75, 3.05) is 0 Å². The molecule has 2 aromatic rings. The van der Waals surface area contributed by atoms with Gasteiger partial charge in [-0.25, -0.2) is 0 Å². The minimum Gasteiger partial charge on any atom is -0.364 e.